The fourth-order valence-electron chi connectivity index (χ4n) is 8.81. The molecule has 0 saturated carbocycles. The van der Waals surface area contributed by atoms with E-state index >= 15 is 0 Å². The number of pyridine rings is 2. The first-order valence-corrected chi connectivity index (χ1v) is 17.6. The van der Waals surface area contributed by atoms with Crippen LogP contribution in [0.1, 0.15) is 22.3 Å². The Hall–Kier alpha value is -6.64. The molecule has 2 nitrogen and oxygen atoms in total. The number of hydrogen-bond acceptors (Lipinski definition) is 2. The summed E-state index contributed by atoms with van der Waals surface area (Å²) in [6.45, 7) is 0. The van der Waals surface area contributed by atoms with E-state index in [4.69, 9.17) is 9.97 Å². The summed E-state index contributed by atoms with van der Waals surface area (Å²) in [7, 11) is 0. The Labute approximate surface area is 296 Å². The molecular formula is C49H30N2. The van der Waals surface area contributed by atoms with E-state index in [1.54, 1.807) is 0 Å². The molecule has 51 heavy (non-hydrogen) atoms. The van der Waals surface area contributed by atoms with Crippen LogP contribution in [0.25, 0.3) is 77.7 Å². The van der Waals surface area contributed by atoms with Crippen LogP contribution in [0, 0.1) is 0 Å². The van der Waals surface area contributed by atoms with Gasteiger partial charge in [-0.3, -0.25) is 0 Å². The summed E-state index contributed by atoms with van der Waals surface area (Å²) < 4.78 is 0. The van der Waals surface area contributed by atoms with E-state index in [0.717, 1.165) is 44.3 Å². The smallest absolute Gasteiger partial charge is 0.0972 e. The summed E-state index contributed by atoms with van der Waals surface area (Å²) in [5.41, 5.74) is 18.4. The van der Waals surface area contributed by atoms with Crippen molar-refractivity contribution in [2.75, 3.05) is 0 Å². The topological polar surface area (TPSA) is 25.8 Å². The number of benzene rings is 7. The van der Waals surface area contributed by atoms with Crippen molar-refractivity contribution in [2.24, 2.45) is 0 Å². The maximum absolute atomic E-state index is 5.38. The van der Waals surface area contributed by atoms with Gasteiger partial charge in [-0.05, 0) is 79.9 Å². The molecule has 0 N–H and O–H groups in total. The molecule has 2 aromatic heterocycles. The monoisotopic (exact) mass is 646 g/mol. The maximum atomic E-state index is 5.38. The number of fused-ring (bicyclic) bond motifs is 13. The second-order valence-electron chi connectivity index (χ2n) is 13.7. The molecule has 0 bridgehead atoms. The molecule has 9 aromatic rings. The molecule has 0 amide bonds. The summed E-state index contributed by atoms with van der Waals surface area (Å²) in [6.07, 6.45) is 0. The van der Waals surface area contributed by atoms with Crippen molar-refractivity contribution < 1.29 is 0 Å². The fraction of sp³-hybridized carbons (Fsp3) is 0.0204. The highest BCUT2D eigenvalue weighted by Gasteiger charge is 2.51. The van der Waals surface area contributed by atoms with Gasteiger partial charge in [0.25, 0.3) is 0 Å². The average Bonchev–Trinajstić information content (AvgIpc) is 3.67. The molecule has 236 valence electrons. The zero-order valence-corrected chi connectivity index (χ0v) is 27.7. The van der Waals surface area contributed by atoms with Gasteiger partial charge in [-0.1, -0.05) is 158 Å². The standard InChI is InChI=1S/C49H30N2/c1-3-11-31(12-4-1)35-21-25-39-40-26-22-36(30-44(40)49(43(39)29-35)41-17-9-7-15-37(41)38-16-8-10-18-42(38)49)46-28-24-34-20-19-33-23-27-45(32-13-5-2-6-14-32)50-47(33)48(34)51-46/h1-30H. The molecule has 7 aromatic carbocycles. The van der Waals surface area contributed by atoms with E-state index in [1.165, 1.54) is 55.6 Å². The first kappa shape index (κ1) is 28.2. The van der Waals surface area contributed by atoms with Gasteiger partial charge in [-0.2, -0.15) is 0 Å². The van der Waals surface area contributed by atoms with Crippen molar-refractivity contribution >= 4 is 21.8 Å². The quantitative estimate of drug-likeness (QED) is 0.179. The van der Waals surface area contributed by atoms with Crippen LogP contribution in [-0.2, 0) is 5.41 Å². The van der Waals surface area contributed by atoms with Crippen LogP contribution in [0.5, 0.6) is 0 Å². The Balaban J connectivity index is 1.15. The third kappa shape index (κ3) is 3.99. The average molecular weight is 647 g/mol. The summed E-state index contributed by atoms with van der Waals surface area (Å²) in [5.74, 6) is 0. The van der Waals surface area contributed by atoms with Crippen molar-refractivity contribution in [3.63, 3.8) is 0 Å². The molecular weight excluding hydrogens is 617 g/mol. The van der Waals surface area contributed by atoms with Gasteiger partial charge in [0.05, 0.1) is 27.8 Å². The van der Waals surface area contributed by atoms with Crippen LogP contribution in [0.2, 0.25) is 0 Å². The largest absolute Gasteiger partial charge is 0.245 e. The van der Waals surface area contributed by atoms with Crippen LogP contribution >= 0.6 is 0 Å². The predicted octanol–water partition coefficient (Wildman–Crippen LogP) is 12.1. The minimum Gasteiger partial charge on any atom is -0.245 e. The molecule has 2 heterocycles. The van der Waals surface area contributed by atoms with E-state index < -0.39 is 5.41 Å². The lowest BCUT2D eigenvalue weighted by molar-refractivity contribution is 0.794. The Bertz CT molecular complexity index is 2810. The molecule has 0 radical (unpaired) electrons. The van der Waals surface area contributed by atoms with Crippen LogP contribution < -0.4 is 0 Å². The first-order valence-electron chi connectivity index (χ1n) is 17.6. The van der Waals surface area contributed by atoms with Gasteiger partial charge in [-0.25, -0.2) is 9.97 Å². The fourth-order valence-corrected chi connectivity index (χ4v) is 8.81. The number of aromatic nitrogens is 2. The Kier molecular flexibility index (Phi) is 5.91. The molecule has 11 rings (SSSR count). The summed E-state index contributed by atoms with van der Waals surface area (Å²) >= 11 is 0. The second-order valence-corrected chi connectivity index (χ2v) is 13.7. The van der Waals surface area contributed by atoms with Crippen LogP contribution in [0.4, 0.5) is 0 Å². The van der Waals surface area contributed by atoms with Gasteiger partial charge in [0.15, 0.2) is 0 Å². The Morgan fingerprint density at radius 1 is 0.294 bits per heavy atom. The van der Waals surface area contributed by atoms with Gasteiger partial charge in [0, 0.05) is 21.9 Å². The molecule has 0 fully saturated rings. The number of hydrogen-bond donors (Lipinski definition) is 0. The molecule has 0 saturated heterocycles. The van der Waals surface area contributed by atoms with Crippen LogP contribution in [0.3, 0.4) is 0 Å². The zero-order chi connectivity index (χ0) is 33.5. The minimum atomic E-state index is -0.450. The third-order valence-corrected chi connectivity index (χ3v) is 11.1. The van der Waals surface area contributed by atoms with E-state index in [2.05, 4.69) is 176 Å². The number of nitrogens with zero attached hydrogens (tertiary/aromatic N) is 2. The summed E-state index contributed by atoms with van der Waals surface area (Å²) in [5, 5.41) is 2.17. The lowest BCUT2D eigenvalue weighted by Gasteiger charge is -2.31. The van der Waals surface area contributed by atoms with Gasteiger partial charge < -0.3 is 0 Å². The first-order chi connectivity index (χ1) is 25.3. The second kappa shape index (κ2) is 10.7. The minimum absolute atomic E-state index is 0.450. The number of rotatable bonds is 3. The molecule has 2 heteroatoms. The zero-order valence-electron chi connectivity index (χ0n) is 27.7. The molecule has 2 aliphatic carbocycles. The van der Waals surface area contributed by atoms with Crippen LogP contribution in [-0.4, -0.2) is 9.97 Å². The normalized spacial score (nSPS) is 13.3. The summed E-state index contributed by atoms with van der Waals surface area (Å²) in [6, 6.07) is 66.1. The Morgan fingerprint density at radius 2 is 0.725 bits per heavy atom. The van der Waals surface area contributed by atoms with E-state index in [0.29, 0.717) is 0 Å². The molecule has 0 aliphatic heterocycles. The third-order valence-electron chi connectivity index (χ3n) is 11.1. The van der Waals surface area contributed by atoms with Crippen molar-refractivity contribution in [2.45, 2.75) is 5.41 Å². The Morgan fingerprint density at radius 3 is 1.31 bits per heavy atom. The van der Waals surface area contributed by atoms with Crippen molar-refractivity contribution in [3.05, 3.63) is 204 Å². The van der Waals surface area contributed by atoms with Crippen molar-refractivity contribution in [1.29, 1.82) is 0 Å². The SMILES string of the molecule is c1ccc(-c2ccc3c(c2)C2(c4ccccc4-c4ccccc42)c2cc(-c4ccc5ccc6ccc(-c7ccccc7)nc6c5n4)ccc2-3)cc1. The predicted molar refractivity (Wildman–Crippen MR) is 210 cm³/mol. The highest BCUT2D eigenvalue weighted by atomic mass is 14.8. The van der Waals surface area contributed by atoms with E-state index in [9.17, 15) is 0 Å². The highest BCUT2D eigenvalue weighted by molar-refractivity contribution is 6.04. The highest BCUT2D eigenvalue weighted by Crippen LogP contribution is 2.63. The molecule has 0 unspecified atom stereocenters. The van der Waals surface area contributed by atoms with E-state index in [1.807, 2.05) is 6.07 Å². The lowest BCUT2D eigenvalue weighted by atomic mass is 9.70. The van der Waals surface area contributed by atoms with Gasteiger partial charge in [-0.15, -0.1) is 0 Å². The van der Waals surface area contributed by atoms with E-state index in [-0.39, 0.29) is 0 Å². The van der Waals surface area contributed by atoms with Gasteiger partial charge in [0.2, 0.25) is 0 Å². The molecule has 0 atom stereocenters. The van der Waals surface area contributed by atoms with Crippen molar-refractivity contribution in [3.8, 4) is 55.9 Å². The molecule has 2 aliphatic rings. The molecule has 1 spiro atoms. The summed E-state index contributed by atoms with van der Waals surface area (Å²) in [4.78, 5) is 10.5. The van der Waals surface area contributed by atoms with Crippen molar-refractivity contribution in [1.82, 2.24) is 9.97 Å². The van der Waals surface area contributed by atoms with Gasteiger partial charge >= 0.3 is 0 Å². The lowest BCUT2D eigenvalue weighted by Crippen LogP contribution is -2.26. The van der Waals surface area contributed by atoms with Crippen LogP contribution in [0.15, 0.2) is 182 Å². The van der Waals surface area contributed by atoms with Gasteiger partial charge in [0.1, 0.15) is 0 Å². The maximum Gasteiger partial charge on any atom is 0.0972 e.